The third-order valence-corrected chi connectivity index (χ3v) is 6.00. The van der Waals surface area contributed by atoms with Crippen molar-refractivity contribution in [2.75, 3.05) is 25.4 Å². The maximum absolute atomic E-state index is 12.1. The Kier molecular flexibility index (Phi) is 3.99. The fraction of sp³-hybridized carbons (Fsp3) is 0.692. The van der Waals surface area contributed by atoms with Gasteiger partial charge in [-0.15, -0.1) is 0 Å². The number of aryl methyl sites for hydroxylation is 1. The predicted molar refractivity (Wildman–Crippen MR) is 77.5 cm³/mol. The largest absolute Gasteiger partial charge is 0.350 e. The minimum atomic E-state index is -3.25. The highest BCUT2D eigenvalue weighted by Crippen LogP contribution is 2.22. The predicted octanol–water partition coefficient (Wildman–Crippen LogP) is 0.0538. The van der Waals surface area contributed by atoms with E-state index in [1.165, 1.54) is 4.31 Å². The number of H-pyrrole nitrogens is 1. The molecule has 0 unspecified atom stereocenters. The first kappa shape index (κ1) is 14.5. The Morgan fingerprint density at radius 3 is 2.76 bits per heavy atom. The van der Waals surface area contributed by atoms with Crippen molar-refractivity contribution in [1.29, 1.82) is 0 Å². The number of amides is 1. The number of rotatable bonds is 5. The van der Waals surface area contributed by atoms with Crippen molar-refractivity contribution < 1.29 is 13.2 Å². The monoisotopic (exact) mass is 312 g/mol. The van der Waals surface area contributed by atoms with Gasteiger partial charge < -0.3 is 5.32 Å². The van der Waals surface area contributed by atoms with Gasteiger partial charge in [0.2, 0.25) is 10.0 Å². The Hall–Kier alpha value is -1.41. The summed E-state index contributed by atoms with van der Waals surface area (Å²) < 4.78 is 25.6. The molecule has 2 aliphatic rings. The molecule has 8 heteroatoms. The van der Waals surface area contributed by atoms with E-state index in [2.05, 4.69) is 15.5 Å². The molecule has 1 aliphatic heterocycles. The second kappa shape index (κ2) is 5.76. The summed E-state index contributed by atoms with van der Waals surface area (Å²) in [7, 11) is -3.25. The summed E-state index contributed by atoms with van der Waals surface area (Å²) in [6.45, 7) is 1.33. The van der Waals surface area contributed by atoms with Crippen LogP contribution in [0.4, 0.5) is 0 Å². The summed E-state index contributed by atoms with van der Waals surface area (Å²) in [6.07, 6.45) is 4.67. The van der Waals surface area contributed by atoms with Gasteiger partial charge in [-0.3, -0.25) is 9.89 Å². The lowest BCUT2D eigenvalue weighted by Gasteiger charge is -2.15. The van der Waals surface area contributed by atoms with E-state index >= 15 is 0 Å². The fourth-order valence-electron chi connectivity index (χ4n) is 2.98. The average molecular weight is 312 g/mol. The van der Waals surface area contributed by atoms with Gasteiger partial charge in [-0.05, 0) is 32.1 Å². The number of hydrogen-bond donors (Lipinski definition) is 2. The summed E-state index contributed by atoms with van der Waals surface area (Å²) in [5, 5.41) is 9.58. The van der Waals surface area contributed by atoms with Crippen LogP contribution >= 0.6 is 0 Å². The van der Waals surface area contributed by atoms with Crippen LogP contribution in [0.3, 0.4) is 0 Å². The van der Waals surface area contributed by atoms with Gasteiger partial charge in [-0.1, -0.05) is 0 Å². The van der Waals surface area contributed by atoms with Crippen LogP contribution in [-0.2, 0) is 22.9 Å². The van der Waals surface area contributed by atoms with Gasteiger partial charge in [0.1, 0.15) is 0 Å². The van der Waals surface area contributed by atoms with Crippen molar-refractivity contribution in [2.45, 2.75) is 32.1 Å². The minimum absolute atomic E-state index is 0.0502. The van der Waals surface area contributed by atoms with Crippen LogP contribution in [0.15, 0.2) is 0 Å². The number of sulfonamides is 1. The molecule has 1 aromatic heterocycles. The second-order valence-corrected chi connectivity index (χ2v) is 7.65. The highest BCUT2D eigenvalue weighted by Gasteiger charge is 2.26. The number of carbonyl (C=O) groups is 1. The summed E-state index contributed by atoms with van der Waals surface area (Å²) in [5.41, 5.74) is 2.43. The number of fused-ring (bicyclic) bond motifs is 1. The Bertz CT molecular complexity index is 632. The summed E-state index contributed by atoms with van der Waals surface area (Å²) >= 11 is 0. The number of aromatic amines is 1. The molecule has 116 valence electrons. The Morgan fingerprint density at radius 1 is 1.24 bits per heavy atom. The highest BCUT2D eigenvalue weighted by atomic mass is 32.2. The lowest BCUT2D eigenvalue weighted by atomic mass is 10.2. The molecular formula is C13H20N4O3S. The zero-order valence-corrected chi connectivity index (χ0v) is 12.7. The van der Waals surface area contributed by atoms with E-state index in [4.69, 9.17) is 0 Å². The van der Waals surface area contributed by atoms with Crippen LogP contribution in [-0.4, -0.2) is 54.2 Å². The topological polar surface area (TPSA) is 95.2 Å². The molecule has 7 nitrogen and oxygen atoms in total. The molecule has 0 atom stereocenters. The first-order valence-corrected chi connectivity index (χ1v) is 9.01. The molecule has 0 aromatic carbocycles. The quantitative estimate of drug-likeness (QED) is 0.803. The molecule has 1 amide bonds. The van der Waals surface area contributed by atoms with E-state index in [1.807, 2.05) is 0 Å². The van der Waals surface area contributed by atoms with Crippen LogP contribution in [0, 0.1) is 0 Å². The van der Waals surface area contributed by atoms with Crippen molar-refractivity contribution in [2.24, 2.45) is 0 Å². The molecule has 1 aromatic rings. The molecule has 2 N–H and O–H groups in total. The zero-order chi connectivity index (χ0) is 14.9. The van der Waals surface area contributed by atoms with Gasteiger partial charge in [0, 0.05) is 30.9 Å². The molecule has 1 saturated heterocycles. The van der Waals surface area contributed by atoms with E-state index < -0.39 is 10.0 Å². The first-order valence-electron chi connectivity index (χ1n) is 7.40. The molecule has 0 bridgehead atoms. The fourth-order valence-corrected chi connectivity index (χ4v) is 4.41. The third-order valence-electron chi connectivity index (χ3n) is 4.13. The molecule has 3 rings (SSSR count). The van der Waals surface area contributed by atoms with Crippen LogP contribution < -0.4 is 5.32 Å². The van der Waals surface area contributed by atoms with Gasteiger partial charge >= 0.3 is 0 Å². The number of nitrogens with zero attached hydrogens (tertiary/aromatic N) is 2. The van der Waals surface area contributed by atoms with Gasteiger partial charge in [0.15, 0.2) is 5.69 Å². The van der Waals surface area contributed by atoms with Gasteiger partial charge in [-0.25, -0.2) is 12.7 Å². The number of nitrogens with one attached hydrogen (secondary N) is 2. The molecule has 2 heterocycles. The second-order valence-electron chi connectivity index (χ2n) is 5.56. The molecule has 0 saturated carbocycles. The van der Waals surface area contributed by atoms with E-state index in [0.717, 1.165) is 43.4 Å². The molecule has 1 fully saturated rings. The molecule has 1 aliphatic carbocycles. The van der Waals surface area contributed by atoms with Gasteiger partial charge in [-0.2, -0.15) is 5.10 Å². The SMILES string of the molecule is O=C(NCCS(=O)(=O)N1CCCC1)c1n[nH]c2c1CCC2. The maximum atomic E-state index is 12.1. The van der Waals surface area contributed by atoms with Crippen LogP contribution in [0.1, 0.15) is 41.0 Å². The Morgan fingerprint density at radius 2 is 2.00 bits per heavy atom. The summed E-state index contributed by atoms with van der Waals surface area (Å²) in [4.78, 5) is 12.1. The lowest BCUT2D eigenvalue weighted by molar-refractivity contribution is 0.0950. The van der Waals surface area contributed by atoms with Gasteiger partial charge in [0.25, 0.3) is 5.91 Å². The van der Waals surface area contributed by atoms with Crippen molar-refractivity contribution in [3.63, 3.8) is 0 Å². The average Bonchev–Trinajstić information content (AvgIpc) is 3.15. The Balaban J connectivity index is 1.54. The van der Waals surface area contributed by atoms with Crippen molar-refractivity contribution in [3.8, 4) is 0 Å². The van der Waals surface area contributed by atoms with E-state index in [-0.39, 0.29) is 18.2 Å². The molecule has 21 heavy (non-hydrogen) atoms. The highest BCUT2D eigenvalue weighted by molar-refractivity contribution is 7.89. The molecule has 0 spiro atoms. The molecule has 0 radical (unpaired) electrons. The number of aromatic nitrogens is 2. The van der Waals surface area contributed by atoms with E-state index in [9.17, 15) is 13.2 Å². The smallest absolute Gasteiger partial charge is 0.272 e. The lowest BCUT2D eigenvalue weighted by Crippen LogP contribution is -2.36. The zero-order valence-electron chi connectivity index (χ0n) is 11.9. The summed E-state index contributed by atoms with van der Waals surface area (Å²) in [6, 6.07) is 0. The third kappa shape index (κ3) is 2.96. The van der Waals surface area contributed by atoms with Crippen LogP contribution in [0.25, 0.3) is 0 Å². The van der Waals surface area contributed by atoms with Crippen LogP contribution in [0.5, 0.6) is 0 Å². The number of carbonyl (C=O) groups excluding carboxylic acids is 1. The van der Waals surface area contributed by atoms with Crippen molar-refractivity contribution >= 4 is 15.9 Å². The van der Waals surface area contributed by atoms with Gasteiger partial charge in [0.05, 0.1) is 5.75 Å². The van der Waals surface area contributed by atoms with E-state index in [1.54, 1.807) is 0 Å². The minimum Gasteiger partial charge on any atom is -0.350 e. The first-order chi connectivity index (χ1) is 10.1. The van der Waals surface area contributed by atoms with Crippen molar-refractivity contribution in [1.82, 2.24) is 19.8 Å². The molecular weight excluding hydrogens is 292 g/mol. The number of hydrogen-bond acceptors (Lipinski definition) is 4. The maximum Gasteiger partial charge on any atom is 0.272 e. The summed E-state index contributed by atoms with van der Waals surface area (Å²) in [5.74, 6) is -0.336. The van der Waals surface area contributed by atoms with Crippen molar-refractivity contribution in [3.05, 3.63) is 17.0 Å². The Labute approximate surface area is 124 Å². The standard InChI is InChI=1S/C13H20N4O3S/c18-13(12-10-4-3-5-11(10)15-16-12)14-6-9-21(19,20)17-7-1-2-8-17/h1-9H2,(H,14,18)(H,15,16). The van der Waals surface area contributed by atoms with E-state index in [0.29, 0.717) is 18.8 Å². The normalized spacial score (nSPS) is 18.9. The van der Waals surface area contributed by atoms with Crippen LogP contribution in [0.2, 0.25) is 0 Å².